The van der Waals surface area contributed by atoms with Crippen LogP contribution in [-0.2, 0) is 10.3 Å². The molecule has 2 fully saturated rings. The number of rotatable bonds is 2. The van der Waals surface area contributed by atoms with Crippen molar-refractivity contribution in [2.45, 2.75) is 43.9 Å². The van der Waals surface area contributed by atoms with Crippen LogP contribution in [-0.4, -0.2) is 34.5 Å². The highest BCUT2D eigenvalue weighted by atomic mass is 16.5. The van der Waals surface area contributed by atoms with Gasteiger partial charge in [0, 0.05) is 13.2 Å². The van der Waals surface area contributed by atoms with E-state index in [4.69, 9.17) is 9.26 Å². The fraction of sp³-hybridized carbons (Fsp3) is 0.818. The van der Waals surface area contributed by atoms with Crippen molar-refractivity contribution in [3.63, 3.8) is 0 Å². The number of aromatic nitrogens is 2. The summed E-state index contributed by atoms with van der Waals surface area (Å²) in [5, 5.41) is 16.6. The van der Waals surface area contributed by atoms with Crippen LogP contribution in [0.5, 0.6) is 0 Å². The number of nitrogens with zero attached hydrogens (tertiary/aromatic N) is 2. The maximum absolute atomic E-state index is 9.45. The molecule has 3 heterocycles. The molecule has 6 heteroatoms. The highest BCUT2D eigenvalue weighted by molar-refractivity contribution is 5.04. The summed E-state index contributed by atoms with van der Waals surface area (Å²) in [6, 6.07) is -0.0312. The summed E-state index contributed by atoms with van der Waals surface area (Å²) >= 11 is 0. The molecule has 0 saturated carbocycles. The van der Waals surface area contributed by atoms with Crippen molar-refractivity contribution in [2.24, 2.45) is 0 Å². The van der Waals surface area contributed by atoms with Gasteiger partial charge in [0.1, 0.15) is 5.60 Å². The zero-order valence-electron chi connectivity index (χ0n) is 9.85. The van der Waals surface area contributed by atoms with Crippen molar-refractivity contribution in [3.8, 4) is 0 Å². The van der Waals surface area contributed by atoms with E-state index in [-0.39, 0.29) is 12.1 Å². The molecule has 3 rings (SSSR count). The minimum Gasteiger partial charge on any atom is -0.392 e. The van der Waals surface area contributed by atoms with Gasteiger partial charge in [-0.3, -0.25) is 0 Å². The van der Waals surface area contributed by atoms with Gasteiger partial charge in [-0.25, -0.2) is 0 Å². The summed E-state index contributed by atoms with van der Waals surface area (Å²) in [4.78, 5) is 4.40. The second-order valence-electron chi connectivity index (χ2n) is 4.99. The molecular weight excluding hydrogens is 222 g/mol. The molecule has 0 radical (unpaired) electrons. The van der Waals surface area contributed by atoms with Crippen molar-refractivity contribution in [2.75, 3.05) is 13.2 Å². The van der Waals surface area contributed by atoms with Crippen LogP contribution in [0.15, 0.2) is 4.52 Å². The molecule has 2 aliphatic rings. The van der Waals surface area contributed by atoms with Crippen molar-refractivity contribution < 1.29 is 14.4 Å². The normalized spacial score (nSPS) is 37.8. The molecule has 94 valence electrons. The number of hydrogen-bond acceptors (Lipinski definition) is 6. The first-order valence-corrected chi connectivity index (χ1v) is 6.07. The van der Waals surface area contributed by atoms with E-state index in [1.807, 2.05) is 6.92 Å². The van der Waals surface area contributed by atoms with Crippen LogP contribution in [0.3, 0.4) is 0 Å². The molecule has 0 spiro atoms. The molecule has 0 aromatic carbocycles. The number of β-amino-alcohol motifs (C(OH)–C–C–N with tert-alkyl or cyclic N) is 1. The first-order valence-electron chi connectivity index (χ1n) is 6.07. The van der Waals surface area contributed by atoms with E-state index >= 15 is 0 Å². The topological polar surface area (TPSA) is 80.4 Å². The maximum Gasteiger partial charge on any atom is 0.243 e. The van der Waals surface area contributed by atoms with Crippen LogP contribution in [0.2, 0.25) is 0 Å². The lowest BCUT2D eigenvalue weighted by Gasteiger charge is -2.17. The van der Waals surface area contributed by atoms with E-state index in [1.54, 1.807) is 0 Å². The number of aliphatic hydroxyl groups is 1. The fourth-order valence-electron chi connectivity index (χ4n) is 2.45. The number of aliphatic hydroxyl groups excluding tert-OH is 1. The third kappa shape index (κ3) is 1.96. The minimum atomic E-state index is -0.404. The third-order valence-electron chi connectivity index (χ3n) is 3.54. The third-order valence-corrected chi connectivity index (χ3v) is 3.54. The van der Waals surface area contributed by atoms with Gasteiger partial charge in [-0.2, -0.15) is 4.98 Å². The lowest BCUT2D eigenvalue weighted by Crippen LogP contribution is -2.22. The summed E-state index contributed by atoms with van der Waals surface area (Å²) < 4.78 is 10.9. The zero-order valence-corrected chi connectivity index (χ0v) is 9.85. The lowest BCUT2D eigenvalue weighted by molar-refractivity contribution is 0.00768. The van der Waals surface area contributed by atoms with Gasteiger partial charge < -0.3 is 19.7 Å². The average Bonchev–Trinajstić information content (AvgIpc) is 2.96. The summed E-state index contributed by atoms with van der Waals surface area (Å²) in [5.74, 6) is 1.17. The van der Waals surface area contributed by atoms with E-state index in [9.17, 15) is 5.11 Å². The van der Waals surface area contributed by atoms with E-state index in [0.717, 1.165) is 19.4 Å². The molecule has 0 aliphatic carbocycles. The standard InChI is InChI=1S/C11H17N3O3/c1-11(3-2-4-16-11)10-13-9(17-14-10)8-5-7(15)6-12-8/h7-8,12,15H,2-6H2,1H3. The Labute approximate surface area is 99.3 Å². The molecule has 3 atom stereocenters. The zero-order chi connectivity index (χ0) is 11.9. The predicted octanol–water partition coefficient (Wildman–Crippen LogP) is 0.490. The van der Waals surface area contributed by atoms with Gasteiger partial charge in [0.15, 0.2) is 0 Å². The summed E-state index contributed by atoms with van der Waals surface area (Å²) in [7, 11) is 0. The second-order valence-corrected chi connectivity index (χ2v) is 4.99. The first kappa shape index (κ1) is 11.1. The van der Waals surface area contributed by atoms with E-state index in [1.165, 1.54) is 0 Å². The quantitative estimate of drug-likeness (QED) is 0.781. The van der Waals surface area contributed by atoms with Gasteiger partial charge in [-0.1, -0.05) is 5.16 Å². The van der Waals surface area contributed by atoms with Crippen LogP contribution in [0, 0.1) is 0 Å². The highest BCUT2D eigenvalue weighted by Crippen LogP contribution is 2.34. The Morgan fingerprint density at radius 2 is 2.41 bits per heavy atom. The first-order chi connectivity index (χ1) is 8.17. The van der Waals surface area contributed by atoms with Gasteiger partial charge in [0.25, 0.3) is 0 Å². The Morgan fingerprint density at radius 3 is 3.06 bits per heavy atom. The molecule has 3 unspecified atom stereocenters. The molecule has 2 N–H and O–H groups in total. The number of ether oxygens (including phenoxy) is 1. The van der Waals surface area contributed by atoms with E-state index < -0.39 is 5.60 Å². The number of hydrogen-bond donors (Lipinski definition) is 2. The largest absolute Gasteiger partial charge is 0.392 e. The van der Waals surface area contributed by atoms with Crippen molar-refractivity contribution in [1.29, 1.82) is 0 Å². The summed E-state index contributed by atoms with van der Waals surface area (Å²) in [6.45, 7) is 3.32. The second kappa shape index (κ2) is 4.04. The van der Waals surface area contributed by atoms with Crippen molar-refractivity contribution in [1.82, 2.24) is 15.5 Å². The molecular formula is C11H17N3O3. The lowest BCUT2D eigenvalue weighted by atomic mass is 10.0. The Morgan fingerprint density at radius 1 is 1.53 bits per heavy atom. The maximum atomic E-state index is 9.45. The van der Waals surface area contributed by atoms with Gasteiger partial charge in [0.2, 0.25) is 11.7 Å². The monoisotopic (exact) mass is 239 g/mol. The predicted molar refractivity (Wildman–Crippen MR) is 58.2 cm³/mol. The SMILES string of the molecule is CC1(c2noc(C3CC(O)CN3)n2)CCCO1. The minimum absolute atomic E-state index is 0.0312. The van der Waals surface area contributed by atoms with Gasteiger partial charge in [-0.15, -0.1) is 0 Å². The molecule has 17 heavy (non-hydrogen) atoms. The van der Waals surface area contributed by atoms with Gasteiger partial charge in [-0.05, 0) is 26.2 Å². The van der Waals surface area contributed by atoms with Crippen LogP contribution in [0.25, 0.3) is 0 Å². The van der Waals surface area contributed by atoms with Crippen molar-refractivity contribution >= 4 is 0 Å². The number of nitrogens with one attached hydrogen (secondary N) is 1. The molecule has 6 nitrogen and oxygen atoms in total. The fourth-order valence-corrected chi connectivity index (χ4v) is 2.45. The van der Waals surface area contributed by atoms with Crippen LogP contribution in [0.1, 0.15) is 43.9 Å². The van der Waals surface area contributed by atoms with Crippen LogP contribution >= 0.6 is 0 Å². The highest BCUT2D eigenvalue weighted by Gasteiger charge is 2.38. The van der Waals surface area contributed by atoms with E-state index in [2.05, 4.69) is 15.5 Å². The Bertz CT molecular complexity index is 400. The molecule has 1 aromatic heterocycles. The van der Waals surface area contributed by atoms with Crippen molar-refractivity contribution in [3.05, 3.63) is 11.7 Å². The van der Waals surface area contributed by atoms with Gasteiger partial charge >= 0.3 is 0 Å². The molecule has 2 saturated heterocycles. The molecule has 1 aromatic rings. The van der Waals surface area contributed by atoms with Gasteiger partial charge in [0.05, 0.1) is 12.1 Å². The summed E-state index contributed by atoms with van der Waals surface area (Å²) in [5.41, 5.74) is -0.404. The molecule has 0 bridgehead atoms. The molecule has 2 aliphatic heterocycles. The smallest absolute Gasteiger partial charge is 0.243 e. The summed E-state index contributed by atoms with van der Waals surface area (Å²) in [6.07, 6.45) is 2.25. The molecule has 0 amide bonds. The Balaban J connectivity index is 1.78. The average molecular weight is 239 g/mol. The van der Waals surface area contributed by atoms with Crippen LogP contribution in [0.4, 0.5) is 0 Å². The Hall–Kier alpha value is -0.980. The Kier molecular flexibility index (Phi) is 2.65. The van der Waals surface area contributed by atoms with E-state index in [0.29, 0.717) is 24.7 Å². The van der Waals surface area contributed by atoms with Crippen LogP contribution < -0.4 is 5.32 Å².